The third-order valence-electron chi connectivity index (χ3n) is 10.9. The first-order valence-electron chi connectivity index (χ1n) is 21.4. The first kappa shape index (κ1) is 42.0. The summed E-state index contributed by atoms with van der Waals surface area (Å²) < 4.78 is 2.36. The molecule has 53 heavy (non-hydrogen) atoms. The lowest BCUT2D eigenvalue weighted by Gasteiger charge is -2.11. The van der Waals surface area contributed by atoms with Crippen LogP contribution in [-0.2, 0) is 25.8 Å². The molecule has 1 aromatic heterocycles. The fourth-order valence-corrected chi connectivity index (χ4v) is 7.70. The lowest BCUT2D eigenvalue weighted by atomic mass is 9.98. The monoisotopic (exact) mass is 721 g/mol. The number of carbonyl (C=O) groups is 1. The van der Waals surface area contributed by atoms with E-state index in [1.165, 1.54) is 109 Å². The molecule has 5 nitrogen and oxygen atoms in total. The molecular formula is C48H68N2O3. The largest absolute Gasteiger partial charge is 0.478 e. The quantitative estimate of drug-likeness (QED) is 0.0623. The molecule has 4 rings (SSSR count). The van der Waals surface area contributed by atoms with Gasteiger partial charge in [0.05, 0.1) is 16.6 Å². The molecule has 0 atom stereocenters. The molecule has 0 aliphatic carbocycles. The minimum Gasteiger partial charge on any atom is -0.478 e. The van der Waals surface area contributed by atoms with Crippen LogP contribution in [0.3, 0.4) is 0 Å². The second kappa shape index (κ2) is 23.8. The zero-order valence-corrected chi connectivity index (χ0v) is 33.4. The number of imidazole rings is 1. The van der Waals surface area contributed by atoms with E-state index in [1.54, 1.807) is 12.1 Å². The standard InChI is InChI=1S/C48H68N2O3/c1-4-7-10-13-15-17-19-21-26-40-35-44-45(36-41(47(40)51)27-22-20-18-16-14-11-8-5-2)50(46(49-44)30-23-12-9-6-3)37-38-31-33-39(34-32-38)42-28-24-25-29-43(42)48(52)53/h24-25,28-29,31-36H,4-23,26-27,30,37H2,1-3H3,(H,52,53). The van der Waals surface area contributed by atoms with Gasteiger partial charge in [-0.1, -0.05) is 172 Å². The number of carboxylic acids is 1. The lowest BCUT2D eigenvalue weighted by Crippen LogP contribution is -2.12. The summed E-state index contributed by atoms with van der Waals surface area (Å²) in [6.07, 6.45) is 27.3. The number of carboxylic acid groups (broad SMARTS) is 1. The summed E-state index contributed by atoms with van der Waals surface area (Å²) in [4.78, 5) is 31.4. The van der Waals surface area contributed by atoms with E-state index in [9.17, 15) is 14.7 Å². The number of aromatic nitrogens is 2. The highest BCUT2D eigenvalue weighted by atomic mass is 16.4. The fourth-order valence-electron chi connectivity index (χ4n) is 7.70. The van der Waals surface area contributed by atoms with Crippen molar-refractivity contribution in [3.05, 3.63) is 99.0 Å². The van der Waals surface area contributed by atoms with Crippen LogP contribution in [0.25, 0.3) is 22.2 Å². The van der Waals surface area contributed by atoms with Crippen LogP contribution in [0.1, 0.15) is 182 Å². The molecule has 1 N–H and O–H groups in total. The highest BCUT2D eigenvalue weighted by molar-refractivity contribution is 5.96. The van der Waals surface area contributed by atoms with Crippen LogP contribution in [0, 0.1) is 0 Å². The van der Waals surface area contributed by atoms with Crippen molar-refractivity contribution in [1.82, 2.24) is 9.55 Å². The van der Waals surface area contributed by atoms with E-state index in [1.807, 2.05) is 24.3 Å². The zero-order chi connectivity index (χ0) is 37.7. The van der Waals surface area contributed by atoms with E-state index in [0.29, 0.717) is 12.1 Å². The van der Waals surface area contributed by atoms with Gasteiger partial charge >= 0.3 is 5.97 Å². The van der Waals surface area contributed by atoms with Crippen LogP contribution in [0.5, 0.6) is 0 Å². The molecule has 3 aromatic carbocycles. The van der Waals surface area contributed by atoms with Crippen molar-refractivity contribution in [3.63, 3.8) is 0 Å². The summed E-state index contributed by atoms with van der Waals surface area (Å²) in [5, 5.41) is 9.77. The van der Waals surface area contributed by atoms with Gasteiger partial charge in [-0.3, -0.25) is 4.79 Å². The van der Waals surface area contributed by atoms with Crippen molar-refractivity contribution in [1.29, 1.82) is 0 Å². The number of rotatable bonds is 27. The molecule has 0 bridgehead atoms. The molecular weight excluding hydrogens is 653 g/mol. The third kappa shape index (κ3) is 13.6. The summed E-state index contributed by atoms with van der Waals surface area (Å²) in [5.41, 5.74) is 7.16. The maximum absolute atomic E-state index is 14.2. The normalized spacial score (nSPS) is 11.5. The Morgan fingerprint density at radius 1 is 0.604 bits per heavy atom. The number of unbranched alkanes of at least 4 members (excludes halogenated alkanes) is 17. The molecule has 0 unspecified atom stereocenters. The van der Waals surface area contributed by atoms with Gasteiger partial charge in [-0.2, -0.15) is 0 Å². The van der Waals surface area contributed by atoms with Crippen molar-refractivity contribution >= 4 is 17.0 Å². The van der Waals surface area contributed by atoms with Gasteiger partial charge in [0.1, 0.15) is 5.82 Å². The topological polar surface area (TPSA) is 72.2 Å². The van der Waals surface area contributed by atoms with Crippen LogP contribution in [0.2, 0.25) is 0 Å². The Hall–Kier alpha value is -3.73. The Balaban J connectivity index is 1.64. The summed E-state index contributed by atoms with van der Waals surface area (Å²) in [7, 11) is 0. The minimum atomic E-state index is -0.919. The first-order valence-corrected chi connectivity index (χ1v) is 21.4. The fraction of sp³-hybridized carbons (Fsp3) is 0.562. The van der Waals surface area contributed by atoms with E-state index >= 15 is 0 Å². The molecule has 0 radical (unpaired) electrons. The minimum absolute atomic E-state index is 0.228. The van der Waals surface area contributed by atoms with Gasteiger partial charge in [0, 0.05) is 24.1 Å². The van der Waals surface area contributed by atoms with Crippen LogP contribution in [0.4, 0.5) is 0 Å². The van der Waals surface area contributed by atoms with Crippen LogP contribution in [0.15, 0.2) is 65.5 Å². The molecule has 288 valence electrons. The summed E-state index contributed by atoms with van der Waals surface area (Å²) >= 11 is 0. The zero-order valence-electron chi connectivity index (χ0n) is 33.4. The number of hydrogen-bond acceptors (Lipinski definition) is 3. The molecule has 0 saturated carbocycles. The third-order valence-corrected chi connectivity index (χ3v) is 10.9. The Morgan fingerprint density at radius 2 is 1.09 bits per heavy atom. The summed E-state index contributed by atoms with van der Waals surface area (Å²) in [5.74, 6) is 0.170. The van der Waals surface area contributed by atoms with Crippen molar-refractivity contribution in [2.45, 2.75) is 175 Å². The van der Waals surface area contributed by atoms with E-state index in [4.69, 9.17) is 4.98 Å². The SMILES string of the molecule is CCCCCCCCCCc1cc2nc(CCCCCC)n(Cc3ccc(-c4ccccc4C(=O)O)cc3)c2cc(CCCCCCCCCC)c1=O. The molecule has 0 aliphatic rings. The first-order chi connectivity index (χ1) is 26.0. The van der Waals surface area contributed by atoms with Gasteiger partial charge in [-0.15, -0.1) is 0 Å². The van der Waals surface area contributed by atoms with Gasteiger partial charge in [0.2, 0.25) is 0 Å². The molecule has 0 amide bonds. The molecule has 5 heteroatoms. The van der Waals surface area contributed by atoms with E-state index in [-0.39, 0.29) is 5.43 Å². The van der Waals surface area contributed by atoms with Crippen LogP contribution >= 0.6 is 0 Å². The van der Waals surface area contributed by atoms with Gasteiger partial charge in [0.15, 0.2) is 5.43 Å². The van der Waals surface area contributed by atoms with Gasteiger partial charge < -0.3 is 9.67 Å². The van der Waals surface area contributed by atoms with Gasteiger partial charge in [-0.25, -0.2) is 9.78 Å². The van der Waals surface area contributed by atoms with Crippen molar-refractivity contribution in [2.24, 2.45) is 0 Å². The Bertz CT molecular complexity index is 1720. The maximum Gasteiger partial charge on any atom is 0.336 e. The maximum atomic E-state index is 14.2. The highest BCUT2D eigenvalue weighted by Gasteiger charge is 2.16. The predicted molar refractivity (Wildman–Crippen MR) is 224 cm³/mol. The Labute approximate surface area is 320 Å². The Morgan fingerprint density at radius 3 is 1.66 bits per heavy atom. The predicted octanol–water partition coefficient (Wildman–Crippen LogP) is 13.3. The molecule has 1 heterocycles. The average molecular weight is 721 g/mol. The smallest absolute Gasteiger partial charge is 0.336 e. The average Bonchev–Trinajstić information content (AvgIpc) is 3.41. The van der Waals surface area contributed by atoms with E-state index in [0.717, 1.165) is 83.2 Å². The lowest BCUT2D eigenvalue weighted by molar-refractivity contribution is 0.0697. The number of nitrogens with zero attached hydrogens (tertiary/aromatic N) is 2. The van der Waals surface area contributed by atoms with Crippen molar-refractivity contribution < 1.29 is 9.90 Å². The summed E-state index contributed by atoms with van der Waals surface area (Å²) in [6.45, 7) is 7.43. The van der Waals surface area contributed by atoms with Crippen LogP contribution in [-0.4, -0.2) is 20.6 Å². The van der Waals surface area contributed by atoms with Crippen LogP contribution < -0.4 is 5.43 Å². The number of aromatic carboxylic acids is 1. The molecule has 0 saturated heterocycles. The number of aryl methyl sites for hydroxylation is 3. The molecule has 0 aliphatic heterocycles. The van der Waals surface area contributed by atoms with Gasteiger partial charge in [-0.05, 0) is 67.0 Å². The second-order valence-corrected chi connectivity index (χ2v) is 15.4. The molecule has 0 spiro atoms. The Kier molecular flexibility index (Phi) is 18.9. The molecule has 4 aromatic rings. The second-order valence-electron chi connectivity index (χ2n) is 15.4. The summed E-state index contributed by atoms with van der Waals surface area (Å²) in [6, 6.07) is 19.8. The van der Waals surface area contributed by atoms with Gasteiger partial charge in [0.25, 0.3) is 0 Å². The van der Waals surface area contributed by atoms with E-state index in [2.05, 4.69) is 49.6 Å². The number of fused-ring (bicyclic) bond motifs is 1. The van der Waals surface area contributed by atoms with E-state index < -0.39 is 5.97 Å². The number of benzene rings is 2. The molecule has 0 fully saturated rings. The van der Waals surface area contributed by atoms with Crippen molar-refractivity contribution in [3.8, 4) is 11.1 Å². The van der Waals surface area contributed by atoms with Crippen molar-refractivity contribution in [2.75, 3.05) is 0 Å². The number of hydrogen-bond donors (Lipinski definition) is 1. The highest BCUT2D eigenvalue weighted by Crippen LogP contribution is 2.26.